The second kappa shape index (κ2) is 4.69. The van der Waals surface area contributed by atoms with Gasteiger partial charge >= 0.3 is 5.97 Å². The summed E-state index contributed by atoms with van der Waals surface area (Å²) < 4.78 is 5.31. The van der Waals surface area contributed by atoms with Crippen molar-refractivity contribution in [2.45, 2.75) is 30.8 Å². The van der Waals surface area contributed by atoms with Crippen molar-refractivity contribution < 1.29 is 14.6 Å². The first kappa shape index (κ1) is 11.8. The number of rotatable bonds is 3. The van der Waals surface area contributed by atoms with Crippen LogP contribution in [0.2, 0.25) is 0 Å². The molecular formula is C11H20N2O3. The summed E-state index contributed by atoms with van der Waals surface area (Å²) in [6, 6.07) is 0.396. The normalized spacial score (nSPS) is 36.4. The van der Waals surface area contributed by atoms with Crippen LogP contribution in [0, 0.1) is 0 Å². The van der Waals surface area contributed by atoms with Crippen LogP contribution in [0.5, 0.6) is 0 Å². The van der Waals surface area contributed by atoms with Crippen molar-refractivity contribution in [3.05, 3.63) is 0 Å². The first-order chi connectivity index (χ1) is 7.68. The Morgan fingerprint density at radius 2 is 2.19 bits per heavy atom. The van der Waals surface area contributed by atoms with Crippen molar-refractivity contribution in [1.29, 1.82) is 0 Å². The predicted octanol–water partition coefficient (Wildman–Crippen LogP) is -0.0861. The zero-order valence-electron chi connectivity index (χ0n) is 9.74. The standard InChI is InChI=1S/C11H20N2O3/c1-12-11(10(14)15)3-2-9(8-11)13-4-6-16-7-5-13/h9,12H,2-8H2,1H3,(H,14,15). The van der Waals surface area contributed by atoms with Crippen molar-refractivity contribution in [3.63, 3.8) is 0 Å². The van der Waals surface area contributed by atoms with Crippen molar-refractivity contribution in [2.75, 3.05) is 33.4 Å². The quantitative estimate of drug-likeness (QED) is 0.707. The van der Waals surface area contributed by atoms with Crippen LogP contribution in [0.3, 0.4) is 0 Å². The molecule has 2 rings (SSSR count). The first-order valence-corrected chi connectivity index (χ1v) is 5.92. The number of hydrogen-bond donors (Lipinski definition) is 2. The van der Waals surface area contributed by atoms with Gasteiger partial charge in [-0.1, -0.05) is 0 Å². The number of nitrogens with zero attached hydrogens (tertiary/aromatic N) is 1. The number of ether oxygens (including phenoxy) is 1. The van der Waals surface area contributed by atoms with E-state index in [2.05, 4.69) is 10.2 Å². The van der Waals surface area contributed by atoms with E-state index in [1.54, 1.807) is 7.05 Å². The van der Waals surface area contributed by atoms with Crippen molar-refractivity contribution in [2.24, 2.45) is 0 Å². The van der Waals surface area contributed by atoms with Gasteiger partial charge in [0.05, 0.1) is 13.2 Å². The van der Waals surface area contributed by atoms with Gasteiger partial charge in [0.2, 0.25) is 0 Å². The fraction of sp³-hybridized carbons (Fsp3) is 0.909. The SMILES string of the molecule is CNC1(C(=O)O)CCC(N2CCOCC2)C1. The van der Waals surface area contributed by atoms with Crippen LogP contribution in [0.25, 0.3) is 0 Å². The fourth-order valence-corrected chi connectivity index (χ4v) is 2.80. The number of nitrogens with one attached hydrogen (secondary N) is 1. The van der Waals surface area contributed by atoms with E-state index in [1.807, 2.05) is 0 Å². The van der Waals surface area contributed by atoms with Gasteiger partial charge in [-0.3, -0.25) is 9.69 Å². The third-order valence-corrected chi connectivity index (χ3v) is 3.94. The minimum Gasteiger partial charge on any atom is -0.480 e. The molecule has 0 aromatic heterocycles. The van der Waals surface area contributed by atoms with Gasteiger partial charge in [-0.2, -0.15) is 0 Å². The molecular weight excluding hydrogens is 208 g/mol. The third-order valence-electron chi connectivity index (χ3n) is 3.94. The second-order valence-corrected chi connectivity index (χ2v) is 4.68. The summed E-state index contributed by atoms with van der Waals surface area (Å²) in [5.41, 5.74) is -0.705. The van der Waals surface area contributed by atoms with Crippen molar-refractivity contribution >= 4 is 5.97 Å². The third kappa shape index (κ3) is 2.07. The Morgan fingerprint density at radius 3 is 2.69 bits per heavy atom. The molecule has 0 spiro atoms. The minimum atomic E-state index is -0.717. The van der Waals surface area contributed by atoms with E-state index in [4.69, 9.17) is 4.74 Å². The summed E-state index contributed by atoms with van der Waals surface area (Å²) in [7, 11) is 1.75. The Hall–Kier alpha value is -0.650. The lowest BCUT2D eigenvalue weighted by Gasteiger charge is -2.33. The molecule has 1 saturated carbocycles. The van der Waals surface area contributed by atoms with E-state index in [0.717, 1.165) is 39.1 Å². The Bertz CT molecular complexity index is 266. The Morgan fingerprint density at radius 1 is 1.50 bits per heavy atom. The Labute approximate surface area is 95.8 Å². The molecule has 5 heteroatoms. The summed E-state index contributed by atoms with van der Waals surface area (Å²) in [6.07, 6.45) is 2.40. The van der Waals surface area contributed by atoms with Crippen LogP contribution >= 0.6 is 0 Å². The molecule has 5 nitrogen and oxygen atoms in total. The highest BCUT2D eigenvalue weighted by molar-refractivity contribution is 5.79. The van der Waals surface area contributed by atoms with Crippen molar-refractivity contribution in [3.8, 4) is 0 Å². The molecule has 2 N–H and O–H groups in total. The number of hydrogen-bond acceptors (Lipinski definition) is 4. The van der Waals surface area contributed by atoms with Gasteiger partial charge in [0.25, 0.3) is 0 Å². The van der Waals surface area contributed by atoms with E-state index in [1.165, 1.54) is 0 Å². The molecule has 0 radical (unpaired) electrons. The summed E-state index contributed by atoms with van der Waals surface area (Å²) in [6.45, 7) is 3.42. The number of morpholine rings is 1. The average molecular weight is 228 g/mol. The van der Waals surface area contributed by atoms with Crippen LogP contribution in [-0.2, 0) is 9.53 Å². The number of carbonyl (C=O) groups is 1. The molecule has 2 fully saturated rings. The molecule has 16 heavy (non-hydrogen) atoms. The topological polar surface area (TPSA) is 61.8 Å². The molecule has 2 unspecified atom stereocenters. The van der Waals surface area contributed by atoms with E-state index in [9.17, 15) is 9.90 Å². The summed E-state index contributed by atoms with van der Waals surface area (Å²) in [4.78, 5) is 13.6. The van der Waals surface area contributed by atoms with Crippen LogP contribution in [-0.4, -0.2) is 60.9 Å². The maximum Gasteiger partial charge on any atom is 0.323 e. The van der Waals surface area contributed by atoms with Crippen LogP contribution in [0.4, 0.5) is 0 Å². The minimum absolute atomic E-state index is 0.396. The van der Waals surface area contributed by atoms with Gasteiger partial charge in [-0.05, 0) is 26.3 Å². The van der Waals surface area contributed by atoms with Gasteiger partial charge in [0.1, 0.15) is 5.54 Å². The highest BCUT2D eigenvalue weighted by atomic mass is 16.5. The lowest BCUT2D eigenvalue weighted by molar-refractivity contribution is -0.144. The second-order valence-electron chi connectivity index (χ2n) is 4.68. The van der Waals surface area contributed by atoms with Gasteiger partial charge in [-0.15, -0.1) is 0 Å². The molecule has 0 aromatic rings. The Balaban J connectivity index is 1.98. The average Bonchev–Trinajstić information content (AvgIpc) is 2.76. The van der Waals surface area contributed by atoms with Gasteiger partial charge in [0.15, 0.2) is 0 Å². The lowest BCUT2D eigenvalue weighted by Crippen LogP contribution is -2.50. The number of carboxylic acid groups (broad SMARTS) is 1. The maximum atomic E-state index is 11.3. The van der Waals surface area contributed by atoms with Gasteiger partial charge in [0, 0.05) is 19.1 Å². The van der Waals surface area contributed by atoms with Crippen LogP contribution < -0.4 is 5.32 Å². The van der Waals surface area contributed by atoms with Gasteiger partial charge < -0.3 is 15.2 Å². The summed E-state index contributed by atoms with van der Waals surface area (Å²) in [5, 5.41) is 12.3. The van der Waals surface area contributed by atoms with Crippen LogP contribution in [0.15, 0.2) is 0 Å². The van der Waals surface area contributed by atoms with E-state index in [-0.39, 0.29) is 0 Å². The monoisotopic (exact) mass is 228 g/mol. The molecule has 2 aliphatic rings. The molecule has 1 saturated heterocycles. The smallest absolute Gasteiger partial charge is 0.323 e. The molecule has 0 bridgehead atoms. The first-order valence-electron chi connectivity index (χ1n) is 5.92. The highest BCUT2D eigenvalue weighted by Crippen LogP contribution is 2.33. The van der Waals surface area contributed by atoms with E-state index < -0.39 is 11.5 Å². The molecule has 2 atom stereocenters. The largest absolute Gasteiger partial charge is 0.480 e. The predicted molar refractivity (Wildman–Crippen MR) is 59.5 cm³/mol. The molecule has 1 aliphatic heterocycles. The fourth-order valence-electron chi connectivity index (χ4n) is 2.80. The van der Waals surface area contributed by atoms with Crippen molar-refractivity contribution in [1.82, 2.24) is 10.2 Å². The Kier molecular flexibility index (Phi) is 3.47. The van der Waals surface area contributed by atoms with E-state index >= 15 is 0 Å². The molecule has 0 amide bonds. The lowest BCUT2D eigenvalue weighted by atomic mass is 9.98. The molecule has 0 aromatic carbocycles. The van der Waals surface area contributed by atoms with E-state index in [0.29, 0.717) is 12.5 Å². The number of carboxylic acids is 1. The zero-order valence-corrected chi connectivity index (χ0v) is 9.74. The molecule has 1 aliphatic carbocycles. The van der Waals surface area contributed by atoms with Crippen LogP contribution in [0.1, 0.15) is 19.3 Å². The number of aliphatic carboxylic acids is 1. The zero-order chi connectivity index (χ0) is 11.6. The summed E-state index contributed by atoms with van der Waals surface area (Å²) in [5.74, 6) is -0.717. The number of likely N-dealkylation sites (N-methyl/N-ethyl adjacent to an activating group) is 1. The molecule has 92 valence electrons. The maximum absolute atomic E-state index is 11.3. The summed E-state index contributed by atoms with van der Waals surface area (Å²) >= 11 is 0. The van der Waals surface area contributed by atoms with Gasteiger partial charge in [-0.25, -0.2) is 0 Å². The molecule has 1 heterocycles. The highest BCUT2D eigenvalue weighted by Gasteiger charge is 2.45.